The third-order valence-corrected chi connectivity index (χ3v) is 5.35. The van der Waals surface area contributed by atoms with E-state index in [-0.39, 0.29) is 5.91 Å². The van der Waals surface area contributed by atoms with E-state index in [0.717, 1.165) is 27.9 Å². The van der Waals surface area contributed by atoms with Gasteiger partial charge >= 0.3 is 0 Å². The molecule has 7 heteroatoms. The number of thiophene rings is 1. The molecule has 0 spiro atoms. The number of amides is 1. The topological polar surface area (TPSA) is 75.3 Å². The molecule has 0 saturated heterocycles. The van der Waals surface area contributed by atoms with E-state index in [1.807, 2.05) is 38.1 Å². The predicted octanol–water partition coefficient (Wildman–Crippen LogP) is 2.71. The Morgan fingerprint density at radius 1 is 1.17 bits per heavy atom. The zero-order valence-corrected chi connectivity index (χ0v) is 15.0. The molecular formula is C16H20N2O3S2. The number of carbonyl (C=O) groups excluding carboxylic acids is 1. The van der Waals surface area contributed by atoms with E-state index in [1.165, 1.54) is 11.3 Å². The summed E-state index contributed by atoms with van der Waals surface area (Å²) in [7, 11) is -3.18. The Morgan fingerprint density at radius 3 is 2.61 bits per heavy atom. The van der Waals surface area contributed by atoms with Gasteiger partial charge in [0.25, 0.3) is 5.91 Å². The van der Waals surface area contributed by atoms with E-state index in [1.54, 1.807) is 6.07 Å². The highest BCUT2D eigenvalue weighted by atomic mass is 32.2. The second-order valence-corrected chi connectivity index (χ2v) is 8.39. The minimum absolute atomic E-state index is 0.147. The van der Waals surface area contributed by atoms with E-state index < -0.39 is 10.0 Å². The van der Waals surface area contributed by atoms with Crippen LogP contribution >= 0.6 is 11.3 Å². The van der Waals surface area contributed by atoms with Crippen molar-refractivity contribution in [3.05, 3.63) is 51.2 Å². The Hall–Kier alpha value is -1.70. The maximum absolute atomic E-state index is 12.3. The maximum Gasteiger partial charge on any atom is 0.265 e. The monoisotopic (exact) mass is 352 g/mol. The van der Waals surface area contributed by atoms with Crippen molar-refractivity contribution in [3.63, 3.8) is 0 Å². The maximum atomic E-state index is 12.3. The molecule has 0 aliphatic heterocycles. The Balaban J connectivity index is 1.99. The summed E-state index contributed by atoms with van der Waals surface area (Å²) in [6.45, 7) is 4.31. The zero-order chi connectivity index (χ0) is 17.0. The molecule has 5 nitrogen and oxygen atoms in total. The smallest absolute Gasteiger partial charge is 0.265 e. The number of hydrogen-bond acceptors (Lipinski definition) is 4. The number of rotatable bonds is 6. The molecule has 0 aliphatic carbocycles. The summed E-state index contributed by atoms with van der Waals surface area (Å²) in [5.41, 5.74) is 2.99. The molecule has 0 bridgehead atoms. The molecule has 2 N–H and O–H groups in total. The van der Waals surface area contributed by atoms with Gasteiger partial charge in [-0.3, -0.25) is 4.79 Å². The van der Waals surface area contributed by atoms with Gasteiger partial charge in [0.2, 0.25) is 10.0 Å². The molecule has 0 aliphatic rings. The van der Waals surface area contributed by atoms with Crippen molar-refractivity contribution in [2.24, 2.45) is 0 Å². The van der Waals surface area contributed by atoms with Crippen LogP contribution in [0.5, 0.6) is 0 Å². The average Bonchev–Trinajstić information content (AvgIpc) is 2.91. The molecule has 0 radical (unpaired) electrons. The van der Waals surface area contributed by atoms with Gasteiger partial charge in [-0.2, -0.15) is 0 Å². The number of benzene rings is 1. The molecule has 0 unspecified atom stereocenters. The van der Waals surface area contributed by atoms with E-state index in [9.17, 15) is 13.2 Å². The molecule has 1 amide bonds. The fraction of sp³-hybridized carbons (Fsp3) is 0.312. The number of carbonyl (C=O) groups is 1. The van der Waals surface area contributed by atoms with E-state index in [0.29, 0.717) is 17.8 Å². The van der Waals surface area contributed by atoms with Crippen LogP contribution in [0.2, 0.25) is 0 Å². The van der Waals surface area contributed by atoms with Crippen LogP contribution in [0.4, 0.5) is 5.69 Å². The highest BCUT2D eigenvalue weighted by Crippen LogP contribution is 2.22. The Kier molecular flexibility index (Phi) is 5.56. The molecule has 2 rings (SSSR count). The van der Waals surface area contributed by atoms with Gasteiger partial charge in [-0.05, 0) is 49.6 Å². The van der Waals surface area contributed by atoms with Crippen LogP contribution in [0.25, 0.3) is 0 Å². The Labute approximate surface area is 140 Å². The fourth-order valence-corrected chi connectivity index (χ4v) is 3.44. The first kappa shape index (κ1) is 17.7. The highest BCUT2D eigenvalue weighted by Gasteiger charge is 2.11. The quantitative estimate of drug-likeness (QED) is 0.839. The van der Waals surface area contributed by atoms with Crippen molar-refractivity contribution in [1.82, 2.24) is 4.72 Å². The minimum atomic E-state index is -3.18. The lowest BCUT2D eigenvalue weighted by Gasteiger charge is -2.09. The van der Waals surface area contributed by atoms with Crippen molar-refractivity contribution in [2.75, 3.05) is 18.1 Å². The normalized spacial score (nSPS) is 11.4. The van der Waals surface area contributed by atoms with Crippen molar-refractivity contribution < 1.29 is 13.2 Å². The van der Waals surface area contributed by atoms with Gasteiger partial charge in [-0.25, -0.2) is 13.1 Å². The van der Waals surface area contributed by atoms with Gasteiger partial charge in [0, 0.05) is 17.1 Å². The molecular weight excluding hydrogens is 332 g/mol. The molecule has 1 aromatic carbocycles. The van der Waals surface area contributed by atoms with Crippen molar-refractivity contribution in [3.8, 4) is 0 Å². The fourth-order valence-electron chi connectivity index (χ4n) is 2.06. The summed E-state index contributed by atoms with van der Waals surface area (Å²) in [6, 6.07) is 9.41. The van der Waals surface area contributed by atoms with Crippen LogP contribution < -0.4 is 10.0 Å². The van der Waals surface area contributed by atoms with Gasteiger partial charge in [0.15, 0.2) is 0 Å². The van der Waals surface area contributed by atoms with Gasteiger partial charge in [-0.15, -0.1) is 11.3 Å². The number of aryl methyl sites for hydroxylation is 1. The first-order valence-corrected chi connectivity index (χ1v) is 9.88. The average molecular weight is 352 g/mol. The minimum Gasteiger partial charge on any atom is -0.321 e. The summed E-state index contributed by atoms with van der Waals surface area (Å²) in [4.78, 5) is 13.9. The van der Waals surface area contributed by atoms with Gasteiger partial charge in [0.05, 0.1) is 11.1 Å². The molecule has 23 heavy (non-hydrogen) atoms. The summed E-state index contributed by atoms with van der Waals surface area (Å²) < 4.78 is 24.5. The summed E-state index contributed by atoms with van der Waals surface area (Å²) in [5, 5.41) is 2.92. The van der Waals surface area contributed by atoms with Crippen LogP contribution in [-0.4, -0.2) is 27.1 Å². The van der Waals surface area contributed by atoms with Gasteiger partial charge in [-0.1, -0.05) is 12.1 Å². The lowest BCUT2D eigenvalue weighted by Crippen LogP contribution is -2.24. The van der Waals surface area contributed by atoms with Crippen LogP contribution in [-0.2, 0) is 16.4 Å². The largest absolute Gasteiger partial charge is 0.321 e. The first-order valence-electron chi connectivity index (χ1n) is 7.17. The summed E-state index contributed by atoms with van der Waals surface area (Å²) >= 11 is 1.37. The summed E-state index contributed by atoms with van der Waals surface area (Å²) in [6.07, 6.45) is 1.69. The Bertz CT molecular complexity index is 810. The molecule has 0 atom stereocenters. The predicted molar refractivity (Wildman–Crippen MR) is 94.7 cm³/mol. The lowest BCUT2D eigenvalue weighted by atomic mass is 10.1. The van der Waals surface area contributed by atoms with Crippen molar-refractivity contribution in [1.29, 1.82) is 0 Å². The molecule has 1 heterocycles. The second-order valence-electron chi connectivity index (χ2n) is 5.38. The zero-order valence-electron chi connectivity index (χ0n) is 13.3. The van der Waals surface area contributed by atoms with Gasteiger partial charge < -0.3 is 5.32 Å². The standard InChI is InChI=1S/C16H20N2O3S2/c1-11-5-4-6-14(12(11)2)18-16(19)15-8-7-13(22-15)9-10-17-23(3,20)21/h4-8,17H,9-10H2,1-3H3,(H,18,19). The van der Waals surface area contributed by atoms with E-state index in [4.69, 9.17) is 0 Å². The van der Waals surface area contributed by atoms with Crippen LogP contribution in [0, 0.1) is 13.8 Å². The second kappa shape index (κ2) is 7.25. The highest BCUT2D eigenvalue weighted by molar-refractivity contribution is 7.88. The molecule has 1 aromatic heterocycles. The lowest BCUT2D eigenvalue weighted by molar-refractivity contribution is 0.103. The van der Waals surface area contributed by atoms with Crippen LogP contribution in [0.15, 0.2) is 30.3 Å². The SMILES string of the molecule is Cc1cccc(NC(=O)c2ccc(CCNS(C)(=O)=O)s2)c1C. The number of nitrogens with one attached hydrogen (secondary N) is 2. The number of hydrogen-bond donors (Lipinski definition) is 2. The Morgan fingerprint density at radius 2 is 1.91 bits per heavy atom. The third-order valence-electron chi connectivity index (χ3n) is 3.47. The number of anilines is 1. The van der Waals surface area contributed by atoms with Crippen molar-refractivity contribution >= 4 is 33.0 Å². The van der Waals surface area contributed by atoms with Crippen LogP contribution in [0.1, 0.15) is 25.7 Å². The van der Waals surface area contributed by atoms with Crippen LogP contribution in [0.3, 0.4) is 0 Å². The molecule has 2 aromatic rings. The third kappa shape index (κ3) is 5.16. The summed E-state index contributed by atoms with van der Waals surface area (Å²) in [5.74, 6) is -0.147. The van der Waals surface area contributed by atoms with Crippen molar-refractivity contribution in [2.45, 2.75) is 20.3 Å². The first-order chi connectivity index (χ1) is 10.8. The molecule has 124 valence electrons. The van der Waals surface area contributed by atoms with E-state index >= 15 is 0 Å². The van der Waals surface area contributed by atoms with E-state index in [2.05, 4.69) is 10.0 Å². The van der Waals surface area contributed by atoms with Gasteiger partial charge in [0.1, 0.15) is 0 Å². The molecule has 0 fully saturated rings. The number of sulfonamides is 1. The molecule has 0 saturated carbocycles.